The summed E-state index contributed by atoms with van der Waals surface area (Å²) in [6.07, 6.45) is 4.84. The van der Waals surface area contributed by atoms with Crippen LogP contribution in [0.5, 0.6) is 0 Å². The zero-order valence-electron chi connectivity index (χ0n) is 10.5. The number of hydrogen-bond acceptors (Lipinski definition) is 4. The first kappa shape index (κ1) is 12.7. The molecular formula is C13H10BrN5O. The summed E-state index contributed by atoms with van der Waals surface area (Å²) in [5, 5.41) is 6.76. The van der Waals surface area contributed by atoms with E-state index in [2.05, 4.69) is 36.3 Å². The maximum atomic E-state index is 12.3. The molecule has 3 aromatic heterocycles. The van der Waals surface area contributed by atoms with Crippen LogP contribution in [0.25, 0.3) is 5.65 Å². The van der Waals surface area contributed by atoms with E-state index in [9.17, 15) is 4.79 Å². The van der Waals surface area contributed by atoms with Crippen molar-refractivity contribution < 1.29 is 4.79 Å². The number of anilines is 1. The highest BCUT2D eigenvalue weighted by Gasteiger charge is 2.14. The SMILES string of the molecule is Cc1ccc(NC(=O)c2cc(Br)cn3ncnc23)nc1. The molecule has 1 amide bonds. The average molecular weight is 332 g/mol. The Morgan fingerprint density at radius 1 is 1.35 bits per heavy atom. The predicted octanol–water partition coefficient (Wildman–Crippen LogP) is 2.45. The fourth-order valence-electron chi connectivity index (χ4n) is 1.79. The van der Waals surface area contributed by atoms with Crippen molar-refractivity contribution in [1.29, 1.82) is 0 Å². The lowest BCUT2D eigenvalue weighted by atomic mass is 10.2. The van der Waals surface area contributed by atoms with Crippen LogP contribution >= 0.6 is 15.9 Å². The van der Waals surface area contributed by atoms with Crippen LogP contribution in [0.1, 0.15) is 15.9 Å². The molecule has 0 aliphatic heterocycles. The van der Waals surface area contributed by atoms with Crippen molar-refractivity contribution in [1.82, 2.24) is 19.6 Å². The van der Waals surface area contributed by atoms with Crippen LogP contribution < -0.4 is 5.32 Å². The second-order valence-electron chi connectivity index (χ2n) is 4.28. The summed E-state index contributed by atoms with van der Waals surface area (Å²) in [6.45, 7) is 1.94. The van der Waals surface area contributed by atoms with E-state index in [-0.39, 0.29) is 5.91 Å². The maximum absolute atomic E-state index is 12.3. The molecule has 0 saturated carbocycles. The monoisotopic (exact) mass is 331 g/mol. The van der Waals surface area contributed by atoms with Crippen molar-refractivity contribution in [2.24, 2.45) is 0 Å². The highest BCUT2D eigenvalue weighted by Crippen LogP contribution is 2.17. The fraction of sp³-hybridized carbons (Fsp3) is 0.0769. The van der Waals surface area contributed by atoms with Crippen LogP contribution in [-0.2, 0) is 0 Å². The first-order valence-corrected chi connectivity index (χ1v) is 6.66. The van der Waals surface area contributed by atoms with Crippen LogP contribution in [0, 0.1) is 6.92 Å². The Hall–Kier alpha value is -2.28. The third-order valence-electron chi connectivity index (χ3n) is 2.74. The van der Waals surface area contributed by atoms with Gasteiger partial charge in [0, 0.05) is 16.9 Å². The number of nitrogens with one attached hydrogen (secondary N) is 1. The Kier molecular flexibility index (Phi) is 3.19. The first-order valence-electron chi connectivity index (χ1n) is 5.86. The van der Waals surface area contributed by atoms with Gasteiger partial charge in [-0.05, 0) is 40.5 Å². The third kappa shape index (κ3) is 2.39. The average Bonchev–Trinajstić information content (AvgIpc) is 2.88. The molecule has 0 fully saturated rings. The number of fused-ring (bicyclic) bond motifs is 1. The number of nitrogens with zero attached hydrogens (tertiary/aromatic N) is 4. The standard InChI is InChI=1S/C13H10BrN5O/c1-8-2-3-11(15-5-8)18-13(20)10-4-9(14)6-19-12(10)16-7-17-19/h2-7H,1H3,(H,15,18,20). The van der Waals surface area contributed by atoms with E-state index in [1.807, 2.05) is 13.0 Å². The van der Waals surface area contributed by atoms with Crippen molar-refractivity contribution in [3.63, 3.8) is 0 Å². The van der Waals surface area contributed by atoms with E-state index < -0.39 is 0 Å². The van der Waals surface area contributed by atoms with Crippen molar-refractivity contribution in [3.05, 3.63) is 52.5 Å². The van der Waals surface area contributed by atoms with Crippen LogP contribution in [0.2, 0.25) is 0 Å². The van der Waals surface area contributed by atoms with Gasteiger partial charge in [0.05, 0.1) is 5.56 Å². The normalized spacial score (nSPS) is 10.7. The maximum Gasteiger partial charge on any atom is 0.260 e. The molecule has 0 aromatic carbocycles. The summed E-state index contributed by atoms with van der Waals surface area (Å²) < 4.78 is 2.29. The Balaban J connectivity index is 1.96. The Morgan fingerprint density at radius 2 is 2.20 bits per heavy atom. The van der Waals surface area contributed by atoms with E-state index in [0.29, 0.717) is 17.0 Å². The zero-order valence-corrected chi connectivity index (χ0v) is 12.1. The smallest absolute Gasteiger partial charge is 0.260 e. The Labute approximate surface area is 123 Å². The summed E-state index contributed by atoms with van der Waals surface area (Å²) in [5.74, 6) is 0.221. The van der Waals surface area contributed by atoms with Gasteiger partial charge in [0.1, 0.15) is 12.1 Å². The van der Waals surface area contributed by atoms with Gasteiger partial charge in [0.25, 0.3) is 5.91 Å². The number of rotatable bonds is 2. The van der Waals surface area contributed by atoms with Gasteiger partial charge < -0.3 is 5.32 Å². The van der Waals surface area contributed by atoms with Crippen LogP contribution in [-0.4, -0.2) is 25.5 Å². The van der Waals surface area contributed by atoms with Crippen molar-refractivity contribution in [3.8, 4) is 0 Å². The molecule has 0 saturated heterocycles. The minimum atomic E-state index is -0.277. The number of carbonyl (C=O) groups is 1. The number of aromatic nitrogens is 4. The number of carbonyl (C=O) groups excluding carboxylic acids is 1. The summed E-state index contributed by atoms with van der Waals surface area (Å²) in [4.78, 5) is 20.5. The van der Waals surface area contributed by atoms with Crippen molar-refractivity contribution in [2.45, 2.75) is 6.92 Å². The molecule has 0 radical (unpaired) electrons. The summed E-state index contributed by atoms with van der Waals surface area (Å²) >= 11 is 3.35. The molecule has 6 nitrogen and oxygen atoms in total. The number of hydrogen-bond donors (Lipinski definition) is 1. The van der Waals surface area contributed by atoms with E-state index >= 15 is 0 Å². The van der Waals surface area contributed by atoms with Gasteiger partial charge in [0.15, 0.2) is 5.65 Å². The predicted molar refractivity (Wildman–Crippen MR) is 77.6 cm³/mol. The van der Waals surface area contributed by atoms with Crippen molar-refractivity contribution >= 4 is 33.3 Å². The van der Waals surface area contributed by atoms with E-state index in [0.717, 1.165) is 10.0 Å². The van der Waals surface area contributed by atoms with Gasteiger partial charge in [-0.1, -0.05) is 6.07 Å². The lowest BCUT2D eigenvalue weighted by Gasteiger charge is -2.06. The summed E-state index contributed by atoms with van der Waals surface area (Å²) in [7, 11) is 0. The molecule has 3 heterocycles. The minimum absolute atomic E-state index is 0.277. The molecule has 1 N–H and O–H groups in total. The summed E-state index contributed by atoms with van der Waals surface area (Å²) in [6, 6.07) is 5.34. The number of amides is 1. The Bertz CT molecular complexity index is 781. The number of aryl methyl sites for hydroxylation is 1. The van der Waals surface area contributed by atoms with Gasteiger partial charge in [-0.25, -0.2) is 14.5 Å². The molecule has 3 aromatic rings. The van der Waals surface area contributed by atoms with Gasteiger partial charge in [-0.2, -0.15) is 5.10 Å². The molecule has 0 aliphatic carbocycles. The molecule has 0 aliphatic rings. The number of halogens is 1. The van der Waals surface area contributed by atoms with Crippen molar-refractivity contribution in [2.75, 3.05) is 5.32 Å². The van der Waals surface area contributed by atoms with E-state index in [4.69, 9.17) is 0 Å². The van der Waals surface area contributed by atoms with E-state index in [1.165, 1.54) is 6.33 Å². The topological polar surface area (TPSA) is 72.2 Å². The molecular weight excluding hydrogens is 322 g/mol. The second kappa shape index (κ2) is 5.01. The quantitative estimate of drug-likeness (QED) is 0.782. The van der Waals surface area contributed by atoms with Crippen LogP contribution in [0.3, 0.4) is 0 Å². The highest BCUT2D eigenvalue weighted by molar-refractivity contribution is 9.10. The third-order valence-corrected chi connectivity index (χ3v) is 3.17. The number of pyridine rings is 2. The molecule has 7 heteroatoms. The lowest BCUT2D eigenvalue weighted by molar-refractivity contribution is 0.102. The lowest BCUT2D eigenvalue weighted by Crippen LogP contribution is -2.14. The molecule has 0 atom stereocenters. The van der Waals surface area contributed by atoms with Crippen LogP contribution in [0.15, 0.2) is 41.4 Å². The van der Waals surface area contributed by atoms with Gasteiger partial charge in [-0.3, -0.25) is 4.79 Å². The second-order valence-corrected chi connectivity index (χ2v) is 5.19. The molecule has 0 spiro atoms. The highest BCUT2D eigenvalue weighted by atomic mass is 79.9. The first-order chi connectivity index (χ1) is 9.63. The molecule has 0 unspecified atom stereocenters. The molecule has 100 valence electrons. The molecule has 20 heavy (non-hydrogen) atoms. The van der Waals surface area contributed by atoms with Gasteiger partial charge >= 0.3 is 0 Å². The zero-order chi connectivity index (χ0) is 14.1. The van der Waals surface area contributed by atoms with Gasteiger partial charge in [0.2, 0.25) is 0 Å². The molecule has 0 bridgehead atoms. The van der Waals surface area contributed by atoms with E-state index in [1.54, 1.807) is 29.0 Å². The van der Waals surface area contributed by atoms with Gasteiger partial charge in [-0.15, -0.1) is 0 Å². The minimum Gasteiger partial charge on any atom is -0.306 e. The Morgan fingerprint density at radius 3 is 2.95 bits per heavy atom. The van der Waals surface area contributed by atoms with Crippen LogP contribution in [0.4, 0.5) is 5.82 Å². The largest absolute Gasteiger partial charge is 0.306 e. The summed E-state index contributed by atoms with van der Waals surface area (Å²) in [5.41, 5.74) is 1.96. The molecule has 3 rings (SSSR count). The fourth-order valence-corrected chi connectivity index (χ4v) is 2.21.